The van der Waals surface area contributed by atoms with Gasteiger partial charge in [-0.2, -0.15) is 0 Å². The second kappa shape index (κ2) is 11.1. The van der Waals surface area contributed by atoms with E-state index in [2.05, 4.69) is 31.9 Å². The Labute approximate surface area is 180 Å². The molecule has 6 nitrogen and oxygen atoms in total. The molecule has 2 aromatic carbocycles. The molecule has 0 fully saturated rings. The lowest BCUT2D eigenvalue weighted by atomic mass is 10.1. The van der Waals surface area contributed by atoms with Crippen molar-refractivity contribution in [1.82, 2.24) is 0 Å². The molecule has 0 saturated heterocycles. The Kier molecular flexibility index (Phi) is 8.79. The van der Waals surface area contributed by atoms with E-state index in [1.54, 1.807) is 30.3 Å². The fourth-order valence-electron chi connectivity index (χ4n) is 2.46. The summed E-state index contributed by atoms with van der Waals surface area (Å²) in [6.45, 7) is 0.587. The molecule has 28 heavy (non-hydrogen) atoms. The number of halogens is 2. The van der Waals surface area contributed by atoms with Crippen molar-refractivity contribution in [2.24, 2.45) is 0 Å². The van der Waals surface area contributed by atoms with Crippen molar-refractivity contribution in [3.05, 3.63) is 58.7 Å². The zero-order valence-corrected chi connectivity index (χ0v) is 18.7. The molecule has 0 heterocycles. The van der Waals surface area contributed by atoms with Crippen LogP contribution in [0, 0.1) is 0 Å². The molecular weight excluding hydrogens is 496 g/mol. The first-order valence-corrected chi connectivity index (χ1v) is 10.6. The van der Waals surface area contributed by atoms with Gasteiger partial charge in [-0.25, -0.2) is 9.59 Å². The molecule has 8 heteroatoms. The number of ether oxygens (including phenoxy) is 4. The highest BCUT2D eigenvalue weighted by molar-refractivity contribution is 9.08. The van der Waals surface area contributed by atoms with Gasteiger partial charge in [-0.05, 0) is 41.5 Å². The van der Waals surface area contributed by atoms with E-state index < -0.39 is 11.9 Å². The molecule has 0 atom stereocenters. The normalized spacial score (nSPS) is 10.3. The van der Waals surface area contributed by atoms with Crippen LogP contribution in [0.1, 0.15) is 31.8 Å². The summed E-state index contributed by atoms with van der Waals surface area (Å²) < 4.78 is 20.9. The van der Waals surface area contributed by atoms with Crippen molar-refractivity contribution in [1.29, 1.82) is 0 Å². The van der Waals surface area contributed by atoms with Gasteiger partial charge in [0, 0.05) is 10.7 Å². The fraction of sp³-hybridized carbons (Fsp3) is 0.300. The number of alkyl halides is 2. The zero-order chi connectivity index (χ0) is 20.5. The molecule has 0 aliphatic carbocycles. The van der Waals surface area contributed by atoms with Gasteiger partial charge < -0.3 is 18.9 Å². The van der Waals surface area contributed by atoms with Gasteiger partial charge in [0.1, 0.15) is 24.7 Å². The summed E-state index contributed by atoms with van der Waals surface area (Å²) in [7, 11) is 2.69. The van der Waals surface area contributed by atoms with E-state index in [1.165, 1.54) is 14.2 Å². The minimum absolute atomic E-state index is 0.288. The lowest BCUT2D eigenvalue weighted by molar-refractivity contribution is 0.0590. The summed E-state index contributed by atoms with van der Waals surface area (Å²) in [5.74, 6) is 0.369. The number of benzene rings is 2. The lowest BCUT2D eigenvalue weighted by Crippen LogP contribution is -2.11. The van der Waals surface area contributed by atoms with Gasteiger partial charge >= 0.3 is 11.9 Å². The van der Waals surface area contributed by atoms with Gasteiger partial charge in [-0.15, -0.1) is 0 Å². The standard InChI is InChI=1S/C20H20Br2O6/c1-25-19(23)17-6-5-15(9-14(17)12-22)27-7-8-28-16-4-3-13(11-21)18(10-16)20(24)26-2/h3-6,9-10H,7-8,11-12H2,1-2H3. The topological polar surface area (TPSA) is 71.1 Å². The molecule has 0 aromatic heterocycles. The van der Waals surface area contributed by atoms with Gasteiger partial charge in [0.15, 0.2) is 0 Å². The molecule has 0 N–H and O–H groups in total. The van der Waals surface area contributed by atoms with Gasteiger partial charge in [0.2, 0.25) is 0 Å². The molecule has 2 rings (SSSR count). The van der Waals surface area contributed by atoms with Crippen molar-refractivity contribution >= 4 is 43.8 Å². The molecule has 0 spiro atoms. The van der Waals surface area contributed by atoms with Crippen LogP contribution >= 0.6 is 31.9 Å². The van der Waals surface area contributed by atoms with Crippen LogP contribution < -0.4 is 9.47 Å². The Morgan fingerprint density at radius 2 is 1.29 bits per heavy atom. The Morgan fingerprint density at radius 1 is 0.750 bits per heavy atom. The van der Waals surface area contributed by atoms with Crippen LogP contribution in [0.3, 0.4) is 0 Å². The van der Waals surface area contributed by atoms with Crippen LogP contribution in [0.25, 0.3) is 0 Å². The van der Waals surface area contributed by atoms with Crippen LogP contribution in [-0.2, 0) is 20.1 Å². The summed E-state index contributed by atoms with van der Waals surface area (Å²) >= 11 is 6.71. The monoisotopic (exact) mass is 514 g/mol. The Hall–Kier alpha value is -2.06. The largest absolute Gasteiger partial charge is 0.490 e. The number of rotatable bonds is 9. The third kappa shape index (κ3) is 5.72. The van der Waals surface area contributed by atoms with E-state index in [0.29, 0.717) is 39.9 Å². The molecule has 0 bridgehead atoms. The van der Waals surface area contributed by atoms with Crippen molar-refractivity contribution in [2.75, 3.05) is 27.4 Å². The molecule has 0 saturated carbocycles. The number of methoxy groups -OCH3 is 2. The third-order valence-corrected chi connectivity index (χ3v) is 5.09. The smallest absolute Gasteiger partial charge is 0.338 e. The average Bonchev–Trinajstić information content (AvgIpc) is 2.75. The van der Waals surface area contributed by atoms with Crippen LogP contribution in [0.5, 0.6) is 11.5 Å². The van der Waals surface area contributed by atoms with Crippen molar-refractivity contribution in [3.8, 4) is 11.5 Å². The van der Waals surface area contributed by atoms with Gasteiger partial charge in [0.05, 0.1) is 25.3 Å². The van der Waals surface area contributed by atoms with Gasteiger partial charge in [-0.3, -0.25) is 0 Å². The molecule has 2 aromatic rings. The maximum absolute atomic E-state index is 11.9. The summed E-state index contributed by atoms with van der Waals surface area (Å²) in [6.07, 6.45) is 0. The van der Waals surface area contributed by atoms with Gasteiger partial charge in [-0.1, -0.05) is 37.9 Å². The van der Waals surface area contributed by atoms with Crippen LogP contribution in [0.4, 0.5) is 0 Å². The number of hydrogen-bond donors (Lipinski definition) is 0. The quantitative estimate of drug-likeness (QED) is 0.278. The molecular formula is C20H20Br2O6. The first-order chi connectivity index (χ1) is 13.5. The second-order valence-electron chi connectivity index (χ2n) is 5.59. The molecule has 150 valence electrons. The van der Waals surface area contributed by atoms with Crippen molar-refractivity contribution < 1.29 is 28.5 Å². The van der Waals surface area contributed by atoms with Crippen LogP contribution in [0.2, 0.25) is 0 Å². The first-order valence-electron chi connectivity index (χ1n) is 8.34. The fourth-order valence-corrected chi connectivity index (χ4v) is 3.41. The van der Waals surface area contributed by atoms with Gasteiger partial charge in [0.25, 0.3) is 0 Å². The van der Waals surface area contributed by atoms with E-state index >= 15 is 0 Å². The van der Waals surface area contributed by atoms with E-state index in [-0.39, 0.29) is 6.61 Å². The average molecular weight is 516 g/mol. The maximum atomic E-state index is 11.9. The molecule has 0 radical (unpaired) electrons. The highest BCUT2D eigenvalue weighted by Gasteiger charge is 2.13. The number of esters is 2. The SMILES string of the molecule is COC(=O)c1ccc(OCCOc2ccc(CBr)c(C(=O)OC)c2)cc1CBr. The zero-order valence-electron chi connectivity index (χ0n) is 15.5. The summed E-state index contributed by atoms with van der Waals surface area (Å²) in [5, 5.41) is 1.04. The number of carbonyl (C=O) groups is 2. The van der Waals surface area contributed by atoms with E-state index in [0.717, 1.165) is 11.1 Å². The first kappa shape index (κ1) is 22.2. The highest BCUT2D eigenvalue weighted by Crippen LogP contribution is 2.22. The van der Waals surface area contributed by atoms with Crippen molar-refractivity contribution in [2.45, 2.75) is 10.7 Å². The predicted octanol–water partition coefficient (Wildman–Crippen LogP) is 4.51. The molecule has 0 unspecified atom stereocenters. The van der Waals surface area contributed by atoms with Crippen LogP contribution in [0.15, 0.2) is 36.4 Å². The van der Waals surface area contributed by atoms with E-state index in [9.17, 15) is 9.59 Å². The Balaban J connectivity index is 1.96. The Morgan fingerprint density at radius 3 is 1.86 bits per heavy atom. The van der Waals surface area contributed by atoms with Crippen LogP contribution in [-0.4, -0.2) is 39.4 Å². The summed E-state index contributed by atoms with van der Waals surface area (Å²) in [6, 6.07) is 10.4. The minimum Gasteiger partial charge on any atom is -0.490 e. The van der Waals surface area contributed by atoms with E-state index in [4.69, 9.17) is 18.9 Å². The van der Waals surface area contributed by atoms with Crippen molar-refractivity contribution in [3.63, 3.8) is 0 Å². The molecule has 0 amide bonds. The lowest BCUT2D eigenvalue weighted by Gasteiger charge is -2.12. The summed E-state index contributed by atoms with van der Waals surface area (Å²) in [5.41, 5.74) is 2.55. The maximum Gasteiger partial charge on any atom is 0.338 e. The minimum atomic E-state index is -0.413. The Bertz CT molecular complexity index is 837. The summed E-state index contributed by atoms with van der Waals surface area (Å²) in [4.78, 5) is 23.6. The van der Waals surface area contributed by atoms with E-state index in [1.807, 2.05) is 6.07 Å². The third-order valence-electron chi connectivity index (χ3n) is 3.88. The predicted molar refractivity (Wildman–Crippen MR) is 112 cm³/mol. The number of hydrogen-bond acceptors (Lipinski definition) is 6. The number of carbonyl (C=O) groups excluding carboxylic acids is 2. The second-order valence-corrected chi connectivity index (χ2v) is 6.71. The highest BCUT2D eigenvalue weighted by atomic mass is 79.9. The molecule has 0 aliphatic rings. The molecule has 0 aliphatic heterocycles.